The monoisotopic (exact) mass is 424 g/mol. The number of carbonyl (C=O) groups excluding carboxylic acids is 1. The molecule has 5 nitrogen and oxygen atoms in total. The third kappa shape index (κ3) is 9.83. The van der Waals surface area contributed by atoms with E-state index in [1.54, 1.807) is 36.2 Å². The van der Waals surface area contributed by atoms with E-state index in [4.69, 9.17) is 21.4 Å². The van der Waals surface area contributed by atoms with E-state index in [0.29, 0.717) is 23.3 Å². The number of aliphatic hydroxyl groups excluding tert-OH is 1. The van der Waals surface area contributed by atoms with Gasteiger partial charge in [-0.2, -0.15) is 0 Å². The Morgan fingerprint density at radius 1 is 1.10 bits per heavy atom. The molecule has 0 saturated heterocycles. The predicted octanol–water partition coefficient (Wildman–Crippen LogP) is 5.11. The smallest absolute Gasteiger partial charge is 0.410 e. The molecule has 0 aliphatic heterocycles. The van der Waals surface area contributed by atoms with Gasteiger partial charge in [0.2, 0.25) is 0 Å². The van der Waals surface area contributed by atoms with E-state index in [1.165, 1.54) is 38.5 Å². The molecule has 0 bridgehead atoms. The molecule has 164 valence electrons. The molecule has 1 fully saturated rings. The molecule has 1 aliphatic carbocycles. The molecule has 0 spiro atoms. The van der Waals surface area contributed by atoms with Crippen molar-refractivity contribution in [3.05, 3.63) is 29.3 Å². The molecule has 2 rings (SSSR count). The Hall–Kier alpha value is -1.30. The second kappa shape index (κ2) is 13.8. The number of halogens is 1. The minimum absolute atomic E-state index is 0.315. The molecule has 1 aromatic rings. The molecule has 0 aromatic heterocycles. The fraction of sp³-hybridized carbons (Fsp3) is 0.696. The summed E-state index contributed by atoms with van der Waals surface area (Å²) in [5, 5.41) is 13.0. The second-order valence-corrected chi connectivity index (χ2v) is 8.70. The Bertz CT molecular complexity index is 574. The minimum atomic E-state index is -0.316. The normalized spacial score (nSPS) is 19.1. The van der Waals surface area contributed by atoms with Crippen LogP contribution in [0.3, 0.4) is 0 Å². The highest BCUT2D eigenvalue weighted by Gasteiger charge is 2.22. The number of hydrogen-bond acceptors (Lipinski definition) is 4. The molecule has 1 aromatic carbocycles. The van der Waals surface area contributed by atoms with Crippen LogP contribution in [0.5, 0.6) is 5.75 Å². The van der Waals surface area contributed by atoms with Crippen LogP contribution in [0.4, 0.5) is 4.79 Å². The number of unbranched alkanes of at least 4 members (excludes halogenated alkanes) is 3. The van der Waals surface area contributed by atoms with Crippen molar-refractivity contribution in [1.82, 2.24) is 10.2 Å². The van der Waals surface area contributed by atoms with Crippen molar-refractivity contribution in [2.75, 3.05) is 33.3 Å². The molecule has 0 unspecified atom stereocenters. The SMILES string of the molecule is CN(CC[C@H]1CC[C@H](CNCCCCCCO)CC1)C(=O)Oc1ccc(Cl)cc1. The number of nitrogens with one attached hydrogen (secondary N) is 1. The number of carbonyl (C=O) groups is 1. The molecule has 1 saturated carbocycles. The third-order valence-corrected chi connectivity index (χ3v) is 6.12. The summed E-state index contributed by atoms with van der Waals surface area (Å²) < 4.78 is 5.38. The number of amides is 1. The maximum atomic E-state index is 12.2. The van der Waals surface area contributed by atoms with Gasteiger partial charge in [-0.3, -0.25) is 0 Å². The fourth-order valence-corrected chi connectivity index (χ4v) is 4.02. The molecule has 0 heterocycles. The van der Waals surface area contributed by atoms with Crippen LogP contribution >= 0.6 is 11.6 Å². The first-order valence-electron chi connectivity index (χ1n) is 11.1. The van der Waals surface area contributed by atoms with E-state index in [9.17, 15) is 4.79 Å². The average Bonchev–Trinajstić information content (AvgIpc) is 2.73. The van der Waals surface area contributed by atoms with Crippen LogP contribution < -0.4 is 10.1 Å². The number of ether oxygens (including phenoxy) is 1. The van der Waals surface area contributed by atoms with Crippen LogP contribution in [0.15, 0.2) is 24.3 Å². The summed E-state index contributed by atoms with van der Waals surface area (Å²) >= 11 is 5.85. The van der Waals surface area contributed by atoms with E-state index in [2.05, 4.69) is 5.32 Å². The minimum Gasteiger partial charge on any atom is -0.410 e. The molecule has 0 atom stereocenters. The number of hydrogen-bond donors (Lipinski definition) is 2. The number of nitrogens with zero attached hydrogens (tertiary/aromatic N) is 1. The topological polar surface area (TPSA) is 61.8 Å². The van der Waals surface area contributed by atoms with Crippen LogP contribution in [-0.2, 0) is 0 Å². The van der Waals surface area contributed by atoms with Gasteiger partial charge in [-0.15, -0.1) is 0 Å². The van der Waals surface area contributed by atoms with Gasteiger partial charge in [0.1, 0.15) is 5.75 Å². The summed E-state index contributed by atoms with van der Waals surface area (Å²) in [4.78, 5) is 13.9. The van der Waals surface area contributed by atoms with Crippen molar-refractivity contribution in [1.29, 1.82) is 0 Å². The van der Waals surface area contributed by atoms with E-state index in [-0.39, 0.29) is 6.09 Å². The van der Waals surface area contributed by atoms with Crippen molar-refractivity contribution in [3.63, 3.8) is 0 Å². The van der Waals surface area contributed by atoms with Gasteiger partial charge in [-0.1, -0.05) is 37.3 Å². The largest absolute Gasteiger partial charge is 0.414 e. The van der Waals surface area contributed by atoms with Gasteiger partial charge in [-0.05, 0) is 81.3 Å². The zero-order valence-corrected chi connectivity index (χ0v) is 18.5. The lowest BCUT2D eigenvalue weighted by Gasteiger charge is -2.29. The zero-order valence-electron chi connectivity index (χ0n) is 17.7. The van der Waals surface area contributed by atoms with Crippen molar-refractivity contribution in [2.45, 2.75) is 57.8 Å². The van der Waals surface area contributed by atoms with Gasteiger partial charge < -0.3 is 20.1 Å². The maximum Gasteiger partial charge on any atom is 0.414 e. The molecular formula is C23H37ClN2O3. The summed E-state index contributed by atoms with van der Waals surface area (Å²) in [6.45, 7) is 3.26. The summed E-state index contributed by atoms with van der Waals surface area (Å²) in [7, 11) is 1.80. The maximum absolute atomic E-state index is 12.2. The first-order chi connectivity index (χ1) is 14.1. The highest BCUT2D eigenvalue weighted by molar-refractivity contribution is 6.30. The van der Waals surface area contributed by atoms with E-state index >= 15 is 0 Å². The van der Waals surface area contributed by atoms with Crippen molar-refractivity contribution in [2.24, 2.45) is 11.8 Å². The number of aliphatic hydroxyl groups is 1. The fourth-order valence-electron chi connectivity index (χ4n) is 3.89. The van der Waals surface area contributed by atoms with Crippen molar-refractivity contribution in [3.8, 4) is 5.75 Å². The van der Waals surface area contributed by atoms with Crippen molar-refractivity contribution >= 4 is 17.7 Å². The van der Waals surface area contributed by atoms with Crippen LogP contribution in [0.1, 0.15) is 57.8 Å². The quantitative estimate of drug-likeness (QED) is 0.457. The predicted molar refractivity (Wildman–Crippen MR) is 119 cm³/mol. The Morgan fingerprint density at radius 3 is 2.45 bits per heavy atom. The Kier molecular flexibility index (Phi) is 11.4. The van der Waals surface area contributed by atoms with Gasteiger partial charge in [0.05, 0.1) is 0 Å². The third-order valence-electron chi connectivity index (χ3n) is 5.86. The van der Waals surface area contributed by atoms with Gasteiger partial charge in [0, 0.05) is 25.2 Å². The van der Waals surface area contributed by atoms with Crippen LogP contribution in [0.25, 0.3) is 0 Å². The second-order valence-electron chi connectivity index (χ2n) is 8.26. The molecule has 2 N–H and O–H groups in total. The van der Waals surface area contributed by atoms with Gasteiger partial charge in [-0.25, -0.2) is 4.79 Å². The molecule has 6 heteroatoms. The summed E-state index contributed by atoms with van der Waals surface area (Å²) in [5.41, 5.74) is 0. The Labute approximate surface area is 180 Å². The highest BCUT2D eigenvalue weighted by Crippen LogP contribution is 2.30. The van der Waals surface area contributed by atoms with Gasteiger partial charge in [0.25, 0.3) is 0 Å². The van der Waals surface area contributed by atoms with Crippen LogP contribution in [-0.4, -0.2) is 49.4 Å². The van der Waals surface area contributed by atoms with Crippen molar-refractivity contribution < 1.29 is 14.6 Å². The molecule has 1 aliphatic rings. The van der Waals surface area contributed by atoms with E-state index in [0.717, 1.165) is 44.8 Å². The molecule has 29 heavy (non-hydrogen) atoms. The van der Waals surface area contributed by atoms with E-state index < -0.39 is 0 Å². The molecular weight excluding hydrogens is 388 g/mol. The summed E-state index contributed by atoms with van der Waals surface area (Å²) in [5.74, 6) is 2.01. The van der Waals surface area contributed by atoms with Crippen LogP contribution in [0.2, 0.25) is 5.02 Å². The lowest BCUT2D eigenvalue weighted by atomic mass is 9.80. The van der Waals surface area contributed by atoms with Gasteiger partial charge in [0.15, 0.2) is 0 Å². The summed E-state index contributed by atoms with van der Waals surface area (Å²) in [6, 6.07) is 6.85. The number of rotatable bonds is 12. The summed E-state index contributed by atoms with van der Waals surface area (Å²) in [6.07, 6.45) is 10.3. The Balaban J connectivity index is 1.53. The number of benzene rings is 1. The highest BCUT2D eigenvalue weighted by atomic mass is 35.5. The molecule has 0 radical (unpaired) electrons. The first kappa shape index (κ1) is 24.0. The first-order valence-corrected chi connectivity index (χ1v) is 11.5. The lowest BCUT2D eigenvalue weighted by molar-refractivity contribution is 0.156. The van der Waals surface area contributed by atoms with E-state index in [1.807, 2.05) is 0 Å². The zero-order chi connectivity index (χ0) is 20.9. The average molecular weight is 425 g/mol. The Morgan fingerprint density at radius 2 is 1.76 bits per heavy atom. The lowest BCUT2D eigenvalue weighted by Crippen LogP contribution is -2.32. The molecule has 1 amide bonds. The standard InChI is InChI=1S/C23H37ClN2O3/c1-26(23(28)29-22-12-10-21(24)11-13-22)16-14-19-6-8-20(9-7-19)18-25-15-4-2-3-5-17-27/h10-13,19-20,25,27H,2-9,14-18H2,1H3/t19-,20-. The van der Waals surface area contributed by atoms with Crippen LogP contribution in [0, 0.1) is 11.8 Å². The van der Waals surface area contributed by atoms with Gasteiger partial charge >= 0.3 is 6.09 Å².